The lowest BCUT2D eigenvalue weighted by Crippen LogP contribution is -2.23. The molecule has 1 amide bonds. The third-order valence-corrected chi connectivity index (χ3v) is 4.31. The van der Waals surface area contributed by atoms with Crippen molar-refractivity contribution in [2.75, 3.05) is 11.0 Å². The highest BCUT2D eigenvalue weighted by Crippen LogP contribution is 2.21. The van der Waals surface area contributed by atoms with Gasteiger partial charge in [-0.05, 0) is 42.0 Å². The van der Waals surface area contributed by atoms with E-state index in [1.807, 2.05) is 0 Å². The third-order valence-electron chi connectivity index (χ3n) is 3.70. The van der Waals surface area contributed by atoms with E-state index in [2.05, 4.69) is 20.2 Å². The van der Waals surface area contributed by atoms with Crippen LogP contribution in [0.1, 0.15) is 15.9 Å². The van der Waals surface area contributed by atoms with E-state index in [1.54, 1.807) is 36.4 Å². The van der Waals surface area contributed by atoms with Gasteiger partial charge >= 0.3 is 0 Å². The van der Waals surface area contributed by atoms with Crippen LogP contribution in [-0.2, 0) is 16.6 Å². The Hall–Kier alpha value is -3.20. The van der Waals surface area contributed by atoms with Crippen LogP contribution in [0, 0.1) is 5.82 Å². The normalized spacial score (nSPS) is 11.2. The molecule has 3 aromatic rings. The number of halogens is 1. The topological polar surface area (TPSA) is 104 Å². The minimum atomic E-state index is -3.38. The molecule has 0 saturated heterocycles. The number of carbonyl (C=O) groups excluding carboxylic acids is 1. The molecule has 0 atom stereocenters. The number of hydrogen-bond acceptors (Lipinski definition) is 4. The van der Waals surface area contributed by atoms with Crippen molar-refractivity contribution < 1.29 is 17.6 Å². The molecule has 3 rings (SSSR count). The molecular weight excluding hydrogens is 371 g/mol. The van der Waals surface area contributed by atoms with Crippen molar-refractivity contribution in [1.82, 2.24) is 15.5 Å². The van der Waals surface area contributed by atoms with Crippen molar-refractivity contribution >= 4 is 21.6 Å². The van der Waals surface area contributed by atoms with Gasteiger partial charge in [0.2, 0.25) is 10.0 Å². The number of carbonyl (C=O) groups is 1. The van der Waals surface area contributed by atoms with Gasteiger partial charge in [0.25, 0.3) is 5.91 Å². The van der Waals surface area contributed by atoms with E-state index in [9.17, 15) is 17.6 Å². The first kappa shape index (κ1) is 18.6. The SMILES string of the molecule is CS(=O)(=O)Nc1cccc(CNC(=O)c2cn[nH]c2-c2ccc(F)cc2)c1. The van der Waals surface area contributed by atoms with E-state index in [0.717, 1.165) is 11.8 Å². The van der Waals surface area contributed by atoms with E-state index in [4.69, 9.17) is 0 Å². The van der Waals surface area contributed by atoms with Crippen LogP contribution >= 0.6 is 0 Å². The van der Waals surface area contributed by atoms with Gasteiger partial charge in [-0.25, -0.2) is 12.8 Å². The molecule has 0 unspecified atom stereocenters. The van der Waals surface area contributed by atoms with E-state index < -0.39 is 10.0 Å². The van der Waals surface area contributed by atoms with Crippen molar-refractivity contribution in [3.05, 3.63) is 71.7 Å². The summed E-state index contributed by atoms with van der Waals surface area (Å²) in [6.45, 7) is 0.201. The molecule has 2 aromatic carbocycles. The predicted molar refractivity (Wildman–Crippen MR) is 100 cm³/mol. The molecule has 0 saturated carbocycles. The van der Waals surface area contributed by atoms with Crippen LogP contribution in [0.5, 0.6) is 0 Å². The van der Waals surface area contributed by atoms with Crippen LogP contribution in [0.25, 0.3) is 11.3 Å². The van der Waals surface area contributed by atoms with Gasteiger partial charge in [-0.2, -0.15) is 5.10 Å². The molecule has 0 radical (unpaired) electrons. The van der Waals surface area contributed by atoms with Crippen LogP contribution in [-0.4, -0.2) is 30.8 Å². The molecule has 7 nitrogen and oxygen atoms in total. The van der Waals surface area contributed by atoms with Gasteiger partial charge in [0.15, 0.2) is 0 Å². The molecule has 0 aliphatic carbocycles. The zero-order valence-electron chi connectivity index (χ0n) is 14.4. The fourth-order valence-electron chi connectivity index (χ4n) is 2.53. The first-order valence-electron chi connectivity index (χ1n) is 7.96. The summed E-state index contributed by atoms with van der Waals surface area (Å²) in [4.78, 5) is 12.5. The Balaban J connectivity index is 1.71. The molecule has 0 spiro atoms. The van der Waals surface area contributed by atoms with Gasteiger partial charge in [0, 0.05) is 17.8 Å². The summed E-state index contributed by atoms with van der Waals surface area (Å²) in [5.74, 6) is -0.726. The van der Waals surface area contributed by atoms with Crippen LogP contribution in [0.2, 0.25) is 0 Å². The van der Waals surface area contributed by atoms with Gasteiger partial charge in [0.1, 0.15) is 5.82 Å². The fraction of sp³-hybridized carbons (Fsp3) is 0.111. The number of hydrogen-bond donors (Lipinski definition) is 3. The molecule has 27 heavy (non-hydrogen) atoms. The Morgan fingerprint density at radius 2 is 1.93 bits per heavy atom. The third kappa shape index (κ3) is 4.91. The minimum Gasteiger partial charge on any atom is -0.348 e. The Kier molecular flexibility index (Phi) is 5.22. The maximum atomic E-state index is 13.1. The summed E-state index contributed by atoms with van der Waals surface area (Å²) < 4.78 is 38.1. The van der Waals surface area contributed by atoms with Gasteiger partial charge in [-0.15, -0.1) is 0 Å². The number of nitrogens with zero attached hydrogens (tertiary/aromatic N) is 1. The maximum absolute atomic E-state index is 13.1. The molecule has 1 heterocycles. The van der Waals surface area contributed by atoms with Crippen LogP contribution in [0.15, 0.2) is 54.7 Å². The van der Waals surface area contributed by atoms with E-state index in [-0.39, 0.29) is 18.3 Å². The lowest BCUT2D eigenvalue weighted by molar-refractivity contribution is 0.0951. The first-order chi connectivity index (χ1) is 12.8. The van der Waals surface area contributed by atoms with Crippen LogP contribution < -0.4 is 10.0 Å². The smallest absolute Gasteiger partial charge is 0.255 e. The van der Waals surface area contributed by atoms with Crippen LogP contribution in [0.3, 0.4) is 0 Å². The second kappa shape index (κ2) is 7.58. The summed E-state index contributed by atoms with van der Waals surface area (Å²) in [5, 5.41) is 9.40. The van der Waals surface area contributed by atoms with E-state index in [0.29, 0.717) is 22.5 Å². The monoisotopic (exact) mass is 388 g/mol. The van der Waals surface area contributed by atoms with Gasteiger partial charge < -0.3 is 5.32 Å². The molecule has 140 valence electrons. The van der Waals surface area contributed by atoms with Crippen molar-refractivity contribution in [1.29, 1.82) is 0 Å². The summed E-state index contributed by atoms with van der Waals surface area (Å²) in [5.41, 5.74) is 2.59. The molecule has 0 bridgehead atoms. The lowest BCUT2D eigenvalue weighted by Gasteiger charge is -2.09. The number of aromatic amines is 1. The van der Waals surface area contributed by atoms with Gasteiger partial charge in [-0.1, -0.05) is 12.1 Å². The number of benzene rings is 2. The quantitative estimate of drug-likeness (QED) is 0.604. The highest BCUT2D eigenvalue weighted by molar-refractivity contribution is 7.92. The summed E-state index contributed by atoms with van der Waals surface area (Å²) in [6.07, 6.45) is 2.47. The van der Waals surface area contributed by atoms with Gasteiger partial charge in [0.05, 0.1) is 23.7 Å². The molecule has 9 heteroatoms. The average Bonchev–Trinajstić information content (AvgIpc) is 3.09. The summed E-state index contributed by atoms with van der Waals surface area (Å²) in [6, 6.07) is 12.4. The standard InChI is InChI=1S/C18H17FN4O3S/c1-27(25,26)23-15-4-2-3-12(9-15)10-20-18(24)16-11-21-22-17(16)13-5-7-14(19)8-6-13/h2-9,11,23H,10H2,1H3,(H,20,24)(H,21,22). The Morgan fingerprint density at radius 3 is 2.63 bits per heavy atom. The number of aromatic nitrogens is 2. The molecule has 3 N–H and O–H groups in total. The first-order valence-corrected chi connectivity index (χ1v) is 9.85. The van der Waals surface area contributed by atoms with Crippen molar-refractivity contribution in [3.63, 3.8) is 0 Å². The zero-order valence-corrected chi connectivity index (χ0v) is 15.2. The second-order valence-corrected chi connectivity index (χ2v) is 7.67. The summed E-state index contributed by atoms with van der Waals surface area (Å²) in [7, 11) is -3.38. The van der Waals surface area contributed by atoms with Crippen molar-refractivity contribution in [2.45, 2.75) is 6.54 Å². The average molecular weight is 388 g/mol. The van der Waals surface area contributed by atoms with Crippen LogP contribution in [0.4, 0.5) is 10.1 Å². The molecule has 0 aliphatic heterocycles. The predicted octanol–water partition coefficient (Wildman–Crippen LogP) is 2.52. The molecule has 1 aromatic heterocycles. The number of anilines is 1. The van der Waals surface area contributed by atoms with E-state index in [1.165, 1.54) is 18.3 Å². The van der Waals surface area contributed by atoms with Crippen molar-refractivity contribution in [3.8, 4) is 11.3 Å². The Morgan fingerprint density at radius 1 is 1.19 bits per heavy atom. The number of amides is 1. The van der Waals surface area contributed by atoms with Gasteiger partial charge in [-0.3, -0.25) is 14.6 Å². The minimum absolute atomic E-state index is 0.201. The number of sulfonamides is 1. The molecule has 0 fully saturated rings. The number of rotatable bonds is 6. The number of H-pyrrole nitrogens is 1. The van der Waals surface area contributed by atoms with E-state index >= 15 is 0 Å². The number of nitrogens with one attached hydrogen (secondary N) is 3. The lowest BCUT2D eigenvalue weighted by atomic mass is 10.1. The van der Waals surface area contributed by atoms with Crippen molar-refractivity contribution in [2.24, 2.45) is 0 Å². The summed E-state index contributed by atoms with van der Waals surface area (Å²) >= 11 is 0. The second-order valence-electron chi connectivity index (χ2n) is 5.92. The Bertz CT molecular complexity index is 1060. The molecular formula is C18H17FN4O3S. The highest BCUT2D eigenvalue weighted by Gasteiger charge is 2.15. The highest BCUT2D eigenvalue weighted by atomic mass is 32.2. The maximum Gasteiger partial charge on any atom is 0.255 e. The molecule has 0 aliphatic rings. The zero-order chi connectivity index (χ0) is 19.4. The largest absolute Gasteiger partial charge is 0.348 e. The fourth-order valence-corrected chi connectivity index (χ4v) is 3.09. The Labute approximate surface area is 155 Å².